The number of rotatable bonds is 9. The molecule has 196 valence electrons. The number of nitrogens with one attached hydrogen (secondary N) is 3. The summed E-state index contributed by atoms with van der Waals surface area (Å²) in [7, 11) is 0. The number of carbonyl (C=O) groups is 2. The highest BCUT2D eigenvalue weighted by atomic mass is 32.1. The van der Waals surface area contributed by atoms with Crippen LogP contribution >= 0.6 is 11.3 Å². The van der Waals surface area contributed by atoms with E-state index in [0.29, 0.717) is 17.7 Å². The number of amides is 2. The van der Waals surface area contributed by atoms with Crippen LogP contribution in [0.5, 0.6) is 0 Å². The van der Waals surface area contributed by atoms with E-state index < -0.39 is 0 Å². The van der Waals surface area contributed by atoms with Gasteiger partial charge >= 0.3 is 0 Å². The molecule has 0 saturated heterocycles. The Kier molecular flexibility index (Phi) is 7.26. The average molecular weight is 530 g/mol. The molecule has 4 heterocycles. The first kappa shape index (κ1) is 25.6. The van der Waals surface area contributed by atoms with Gasteiger partial charge in [-0.1, -0.05) is 19.9 Å². The van der Waals surface area contributed by atoms with E-state index in [4.69, 9.17) is 4.98 Å². The first-order valence-corrected chi connectivity index (χ1v) is 13.6. The molecule has 4 aromatic rings. The van der Waals surface area contributed by atoms with Gasteiger partial charge in [0.2, 0.25) is 5.13 Å². The number of nitrogens with zero attached hydrogens (tertiary/aromatic N) is 4. The van der Waals surface area contributed by atoms with Crippen LogP contribution in [0, 0.1) is 13.8 Å². The number of hydrogen-bond acceptors (Lipinski definition) is 6. The number of aryl methyl sites for hydroxylation is 1. The Morgan fingerprint density at radius 2 is 2.05 bits per heavy atom. The zero-order valence-corrected chi connectivity index (χ0v) is 22.8. The van der Waals surface area contributed by atoms with Gasteiger partial charge in [0.1, 0.15) is 0 Å². The highest BCUT2D eigenvalue weighted by Crippen LogP contribution is 2.37. The van der Waals surface area contributed by atoms with Crippen LogP contribution < -0.4 is 10.6 Å². The van der Waals surface area contributed by atoms with Gasteiger partial charge in [0.25, 0.3) is 11.8 Å². The van der Waals surface area contributed by atoms with E-state index in [1.807, 2.05) is 55.8 Å². The third kappa shape index (κ3) is 4.92. The van der Waals surface area contributed by atoms with Crippen molar-refractivity contribution in [2.75, 3.05) is 31.5 Å². The van der Waals surface area contributed by atoms with Gasteiger partial charge in [0.15, 0.2) is 0 Å². The number of benzene rings is 1. The van der Waals surface area contributed by atoms with Gasteiger partial charge in [0, 0.05) is 59.1 Å². The van der Waals surface area contributed by atoms with Gasteiger partial charge in [-0.25, -0.2) is 9.67 Å². The van der Waals surface area contributed by atoms with Gasteiger partial charge < -0.3 is 20.5 Å². The molecule has 0 spiro atoms. The zero-order valence-electron chi connectivity index (χ0n) is 22.0. The SMILES string of the molecule is CCN(CC)CCNC(=O)c1c(C)[nH]c(/C=C2\C(=O)Nc3ccc(-c4csc(-n5cccn5)n4)cc32)c1C. The molecule has 0 unspecified atom stereocenters. The molecule has 10 heteroatoms. The number of hydrogen-bond donors (Lipinski definition) is 3. The van der Waals surface area contributed by atoms with E-state index in [-0.39, 0.29) is 11.8 Å². The number of likely N-dealkylation sites (N-methyl/N-ethyl adjacent to an activating group) is 1. The van der Waals surface area contributed by atoms with E-state index in [1.54, 1.807) is 10.9 Å². The Labute approximate surface area is 225 Å². The van der Waals surface area contributed by atoms with E-state index >= 15 is 0 Å². The predicted molar refractivity (Wildman–Crippen MR) is 152 cm³/mol. The molecule has 2 amide bonds. The molecular formula is C28H31N7O2S. The molecule has 38 heavy (non-hydrogen) atoms. The number of thiazole rings is 1. The maximum atomic E-state index is 13.0. The van der Waals surface area contributed by atoms with Crippen LogP contribution in [0.3, 0.4) is 0 Å². The normalized spacial score (nSPS) is 13.8. The highest BCUT2D eigenvalue weighted by Gasteiger charge is 2.26. The van der Waals surface area contributed by atoms with Crippen molar-refractivity contribution in [3.63, 3.8) is 0 Å². The van der Waals surface area contributed by atoms with Crippen LogP contribution in [0.25, 0.3) is 28.0 Å². The number of fused-ring (bicyclic) bond motifs is 1. The molecule has 0 saturated carbocycles. The molecule has 1 aliphatic rings. The third-order valence-electron chi connectivity index (χ3n) is 6.89. The highest BCUT2D eigenvalue weighted by molar-refractivity contribution is 7.12. The van der Waals surface area contributed by atoms with Crippen LogP contribution in [0.4, 0.5) is 5.69 Å². The molecule has 0 fully saturated rings. The Morgan fingerprint density at radius 1 is 1.24 bits per heavy atom. The zero-order chi connectivity index (χ0) is 26.8. The summed E-state index contributed by atoms with van der Waals surface area (Å²) in [5, 5.41) is 13.0. The third-order valence-corrected chi connectivity index (χ3v) is 7.72. The lowest BCUT2D eigenvalue weighted by molar-refractivity contribution is -0.110. The van der Waals surface area contributed by atoms with E-state index in [0.717, 1.165) is 64.2 Å². The molecular weight excluding hydrogens is 498 g/mol. The summed E-state index contributed by atoms with van der Waals surface area (Å²) in [5.41, 5.74) is 6.78. The smallest absolute Gasteiger partial charge is 0.256 e. The van der Waals surface area contributed by atoms with Crippen molar-refractivity contribution < 1.29 is 9.59 Å². The number of aromatic nitrogens is 4. The topological polar surface area (TPSA) is 108 Å². The minimum Gasteiger partial charge on any atom is -0.358 e. The minimum atomic E-state index is -0.176. The first-order valence-electron chi connectivity index (χ1n) is 12.7. The van der Waals surface area contributed by atoms with Gasteiger partial charge in [-0.05, 0) is 56.8 Å². The fraction of sp³-hybridized carbons (Fsp3) is 0.286. The number of aromatic amines is 1. The standard InChI is InChI=1S/C28H31N7O2S/c1-5-34(6-2)13-11-29-27(37)25-17(3)23(31-18(25)4)15-21-20-14-19(8-9-22(20)32-26(21)36)24-16-38-28(33-24)35-12-7-10-30-35/h7-10,12,14-16,31H,5-6,11,13H2,1-4H3,(H,29,37)(H,32,36)/b21-15-. The van der Waals surface area contributed by atoms with Crippen LogP contribution in [0.1, 0.15) is 46.7 Å². The number of carbonyl (C=O) groups excluding carboxylic acids is 2. The Hall–Kier alpha value is -4.02. The van der Waals surface area contributed by atoms with Crippen molar-refractivity contribution >= 4 is 40.5 Å². The van der Waals surface area contributed by atoms with Crippen molar-refractivity contribution in [3.05, 3.63) is 70.1 Å². The predicted octanol–water partition coefficient (Wildman–Crippen LogP) is 4.51. The summed E-state index contributed by atoms with van der Waals surface area (Å²) in [6, 6.07) is 7.69. The fourth-order valence-corrected chi connectivity index (χ4v) is 5.51. The monoisotopic (exact) mass is 529 g/mol. The van der Waals surface area contributed by atoms with Gasteiger partial charge in [-0.3, -0.25) is 9.59 Å². The Bertz CT molecular complexity index is 1510. The fourth-order valence-electron chi connectivity index (χ4n) is 4.73. The lowest BCUT2D eigenvalue weighted by Gasteiger charge is -2.18. The van der Waals surface area contributed by atoms with Crippen LogP contribution in [0.2, 0.25) is 0 Å². The lowest BCUT2D eigenvalue weighted by atomic mass is 10.0. The lowest BCUT2D eigenvalue weighted by Crippen LogP contribution is -2.35. The van der Waals surface area contributed by atoms with Crippen LogP contribution in [0.15, 0.2) is 42.0 Å². The van der Waals surface area contributed by atoms with Crippen molar-refractivity contribution in [1.29, 1.82) is 0 Å². The molecule has 9 nitrogen and oxygen atoms in total. The van der Waals surface area contributed by atoms with Crippen molar-refractivity contribution in [2.24, 2.45) is 0 Å². The average Bonchev–Trinajstić information content (AvgIpc) is 3.70. The van der Waals surface area contributed by atoms with E-state index in [9.17, 15) is 9.59 Å². The maximum absolute atomic E-state index is 13.0. The molecule has 1 aliphatic heterocycles. The van der Waals surface area contributed by atoms with Crippen LogP contribution in [-0.2, 0) is 4.79 Å². The largest absolute Gasteiger partial charge is 0.358 e. The molecule has 1 aromatic carbocycles. The van der Waals surface area contributed by atoms with Gasteiger partial charge in [-0.15, -0.1) is 11.3 Å². The first-order chi connectivity index (χ1) is 18.4. The summed E-state index contributed by atoms with van der Waals surface area (Å²) in [5.74, 6) is -0.285. The molecule has 0 aliphatic carbocycles. The summed E-state index contributed by atoms with van der Waals surface area (Å²) < 4.78 is 1.73. The molecule has 0 bridgehead atoms. The van der Waals surface area contributed by atoms with Crippen molar-refractivity contribution in [1.82, 2.24) is 30.0 Å². The van der Waals surface area contributed by atoms with Crippen molar-refractivity contribution in [2.45, 2.75) is 27.7 Å². The summed E-state index contributed by atoms with van der Waals surface area (Å²) in [6.07, 6.45) is 5.40. The molecule has 3 N–H and O–H groups in total. The second kappa shape index (κ2) is 10.8. The summed E-state index contributed by atoms with van der Waals surface area (Å²) in [4.78, 5) is 36.2. The quantitative estimate of drug-likeness (QED) is 0.277. The second-order valence-corrected chi connectivity index (χ2v) is 10.0. The van der Waals surface area contributed by atoms with Gasteiger partial charge in [-0.2, -0.15) is 5.10 Å². The molecule has 0 atom stereocenters. The maximum Gasteiger partial charge on any atom is 0.256 e. The second-order valence-electron chi connectivity index (χ2n) is 9.18. The summed E-state index contributed by atoms with van der Waals surface area (Å²) in [6.45, 7) is 11.3. The Morgan fingerprint density at radius 3 is 2.79 bits per heavy atom. The molecule has 5 rings (SSSR count). The van der Waals surface area contributed by atoms with E-state index in [1.165, 1.54) is 11.3 Å². The number of anilines is 1. The van der Waals surface area contributed by atoms with E-state index in [2.05, 4.69) is 39.5 Å². The van der Waals surface area contributed by atoms with Gasteiger partial charge in [0.05, 0.1) is 16.8 Å². The van der Waals surface area contributed by atoms with Crippen molar-refractivity contribution in [3.8, 4) is 16.4 Å². The Balaban J connectivity index is 1.41. The number of H-pyrrole nitrogens is 1. The van der Waals surface area contributed by atoms with Crippen LogP contribution in [-0.4, -0.2) is 62.6 Å². The minimum absolute atomic E-state index is 0.108. The molecule has 0 radical (unpaired) electrons. The molecule has 3 aromatic heterocycles. The summed E-state index contributed by atoms with van der Waals surface area (Å²) >= 11 is 1.50.